The van der Waals surface area contributed by atoms with Crippen LogP contribution >= 0.6 is 0 Å². The number of nitro benzene ring substituents is 1. The largest absolute Gasteiger partial charge is 0.416 e. The third-order valence-corrected chi connectivity index (χ3v) is 10.6. The molecule has 0 saturated heterocycles. The lowest BCUT2D eigenvalue weighted by Crippen LogP contribution is -2.55. The second-order valence-corrected chi connectivity index (χ2v) is 14.3. The minimum absolute atomic E-state index is 0.0355. The molecule has 1 aliphatic rings. The van der Waals surface area contributed by atoms with E-state index in [0.717, 1.165) is 5.57 Å². The molecule has 0 N–H and O–H groups in total. The summed E-state index contributed by atoms with van der Waals surface area (Å²) in [6, 6.07) is 5.02. The van der Waals surface area contributed by atoms with E-state index >= 15 is 0 Å². The monoisotopic (exact) mass is 462 g/mol. The summed E-state index contributed by atoms with van der Waals surface area (Å²) in [7, 11) is -0.611. The average Bonchev–Trinajstić information content (AvgIpc) is 3.09. The van der Waals surface area contributed by atoms with Crippen molar-refractivity contribution in [3.63, 3.8) is 0 Å². The van der Waals surface area contributed by atoms with Gasteiger partial charge in [0, 0.05) is 25.8 Å². The molecule has 0 aliphatic carbocycles. The fourth-order valence-corrected chi connectivity index (χ4v) is 4.58. The van der Waals surface area contributed by atoms with Gasteiger partial charge in [0.05, 0.1) is 17.1 Å². The summed E-state index contributed by atoms with van der Waals surface area (Å²) in [4.78, 5) is 25.0. The van der Waals surface area contributed by atoms with Crippen molar-refractivity contribution in [2.45, 2.75) is 64.1 Å². The third-order valence-electron chi connectivity index (χ3n) is 6.12. The summed E-state index contributed by atoms with van der Waals surface area (Å²) in [5, 5.41) is 10.8. The highest BCUT2D eigenvalue weighted by molar-refractivity contribution is 6.74. The maximum Gasteiger partial charge on any atom is 0.416 e. The molecule has 0 aromatic heterocycles. The van der Waals surface area contributed by atoms with E-state index in [2.05, 4.69) is 40.4 Å². The lowest BCUT2D eigenvalue weighted by molar-refractivity contribution is -0.384. The van der Waals surface area contributed by atoms with E-state index in [1.807, 2.05) is 13.0 Å². The molecule has 8 nitrogen and oxygen atoms in total. The molecular formula is C23H34N2O6Si. The Morgan fingerprint density at radius 2 is 1.91 bits per heavy atom. The molecule has 1 amide bonds. The summed E-state index contributed by atoms with van der Waals surface area (Å²) in [6.07, 6.45) is 2.26. The van der Waals surface area contributed by atoms with Crippen molar-refractivity contribution in [3.05, 3.63) is 58.7 Å². The Labute approximate surface area is 191 Å². The van der Waals surface area contributed by atoms with Crippen LogP contribution in [0.25, 0.3) is 0 Å². The zero-order valence-electron chi connectivity index (χ0n) is 20.0. The van der Waals surface area contributed by atoms with Crippen LogP contribution in [0.1, 0.15) is 27.7 Å². The minimum Gasteiger partial charge on any atom is -0.410 e. The number of carbonyl (C=O) groups is 1. The smallest absolute Gasteiger partial charge is 0.410 e. The van der Waals surface area contributed by atoms with Gasteiger partial charge in [-0.2, -0.15) is 0 Å². The highest BCUT2D eigenvalue weighted by Crippen LogP contribution is 2.39. The Bertz CT molecular complexity index is 875. The first-order chi connectivity index (χ1) is 14.8. The van der Waals surface area contributed by atoms with Gasteiger partial charge < -0.3 is 13.9 Å². The summed E-state index contributed by atoms with van der Waals surface area (Å²) < 4.78 is 17.9. The summed E-state index contributed by atoms with van der Waals surface area (Å²) in [5.74, 6) is 0.234. The molecule has 0 saturated carbocycles. The number of hydrogen-bond acceptors (Lipinski definition) is 6. The van der Waals surface area contributed by atoms with Gasteiger partial charge >= 0.3 is 6.09 Å². The van der Waals surface area contributed by atoms with Crippen molar-refractivity contribution in [1.29, 1.82) is 0 Å². The predicted octanol–water partition coefficient (Wildman–Crippen LogP) is 5.32. The van der Waals surface area contributed by atoms with Crippen LogP contribution in [0, 0.1) is 10.1 Å². The van der Waals surface area contributed by atoms with Gasteiger partial charge in [-0.25, -0.2) is 4.79 Å². The van der Waals surface area contributed by atoms with Crippen LogP contribution in [0.5, 0.6) is 5.75 Å². The van der Waals surface area contributed by atoms with Gasteiger partial charge in [0.2, 0.25) is 0 Å². The van der Waals surface area contributed by atoms with Gasteiger partial charge in [-0.05, 0) is 37.2 Å². The lowest BCUT2D eigenvalue weighted by atomic mass is 10.0. The van der Waals surface area contributed by atoms with E-state index < -0.39 is 37.6 Å². The maximum atomic E-state index is 13.1. The van der Waals surface area contributed by atoms with Crippen LogP contribution in [-0.4, -0.2) is 56.1 Å². The van der Waals surface area contributed by atoms with Gasteiger partial charge in [-0.3, -0.25) is 15.0 Å². The van der Waals surface area contributed by atoms with Crippen LogP contribution in [0.4, 0.5) is 10.5 Å². The molecule has 0 fully saturated rings. The van der Waals surface area contributed by atoms with Gasteiger partial charge in [-0.15, -0.1) is 6.58 Å². The van der Waals surface area contributed by atoms with Crippen molar-refractivity contribution in [1.82, 2.24) is 4.90 Å². The number of methoxy groups -OCH3 is 1. The maximum absolute atomic E-state index is 13.1. The number of nitrogens with zero attached hydrogens (tertiary/aromatic N) is 2. The number of non-ortho nitro benzene ring substituents is 1. The van der Waals surface area contributed by atoms with E-state index in [1.54, 1.807) is 18.1 Å². The standard InChI is InChI=1S/C23H34N2O6Si/c1-9-20(29-6)21(31-32(7,8)23(3,4)5)19-14-16(2)15-24(19)22(26)30-18-12-10-17(11-13-18)25(27)28/h9-14,19-21H,1,15H2,2-8H3/t19-,20+,21+/m1/s1. The van der Waals surface area contributed by atoms with Crippen LogP contribution in [0.2, 0.25) is 18.1 Å². The van der Waals surface area contributed by atoms with Crippen LogP contribution in [-0.2, 0) is 9.16 Å². The number of rotatable bonds is 8. The van der Waals surface area contributed by atoms with Crippen molar-refractivity contribution >= 4 is 20.1 Å². The Morgan fingerprint density at radius 3 is 2.38 bits per heavy atom. The third kappa shape index (κ3) is 5.84. The number of benzene rings is 1. The van der Waals surface area contributed by atoms with Crippen molar-refractivity contribution < 1.29 is 23.6 Å². The van der Waals surface area contributed by atoms with Gasteiger partial charge in [0.15, 0.2) is 8.32 Å². The molecule has 1 aliphatic heterocycles. The topological polar surface area (TPSA) is 91.1 Å². The average molecular weight is 463 g/mol. The number of amides is 1. The normalized spacial score (nSPS) is 18.7. The van der Waals surface area contributed by atoms with Crippen LogP contribution < -0.4 is 4.74 Å². The predicted molar refractivity (Wildman–Crippen MR) is 126 cm³/mol. The summed E-state index contributed by atoms with van der Waals surface area (Å²) >= 11 is 0. The molecule has 3 atom stereocenters. The molecule has 176 valence electrons. The van der Waals surface area contributed by atoms with Gasteiger partial charge in [-0.1, -0.05) is 38.5 Å². The fraction of sp³-hybridized carbons (Fsp3) is 0.522. The van der Waals surface area contributed by atoms with Crippen molar-refractivity contribution in [2.24, 2.45) is 0 Å². The molecule has 9 heteroatoms. The molecule has 2 rings (SSSR count). The molecule has 0 bridgehead atoms. The van der Waals surface area contributed by atoms with E-state index in [-0.39, 0.29) is 16.5 Å². The first-order valence-electron chi connectivity index (χ1n) is 10.5. The fourth-order valence-electron chi connectivity index (χ4n) is 3.27. The number of nitro groups is 1. The molecule has 0 radical (unpaired) electrons. The summed E-state index contributed by atoms with van der Waals surface area (Å²) in [6.45, 7) is 17.0. The van der Waals surface area contributed by atoms with E-state index in [0.29, 0.717) is 6.54 Å². The molecule has 0 spiro atoms. The minimum atomic E-state index is -2.21. The van der Waals surface area contributed by atoms with Crippen molar-refractivity contribution in [2.75, 3.05) is 13.7 Å². The molecule has 1 aromatic carbocycles. The molecule has 1 aromatic rings. The Kier molecular flexibility index (Phi) is 8.03. The second-order valence-electron chi connectivity index (χ2n) is 9.53. The first kappa shape index (κ1) is 25.8. The molecular weight excluding hydrogens is 428 g/mol. The Hall–Kier alpha value is -2.49. The number of carbonyl (C=O) groups excluding carboxylic acids is 1. The molecule has 32 heavy (non-hydrogen) atoms. The highest BCUT2D eigenvalue weighted by Gasteiger charge is 2.45. The molecule has 0 unspecified atom stereocenters. The SMILES string of the molecule is C=C[C@H](OC)[C@@H](O[Si](C)(C)C(C)(C)C)[C@H]1C=C(C)CN1C(=O)Oc1ccc([N+](=O)[O-])cc1. The van der Waals surface area contributed by atoms with Crippen LogP contribution in [0.3, 0.4) is 0 Å². The van der Waals surface area contributed by atoms with Crippen LogP contribution in [0.15, 0.2) is 48.6 Å². The summed E-state index contributed by atoms with van der Waals surface area (Å²) in [5.41, 5.74) is 0.941. The van der Waals surface area contributed by atoms with Gasteiger partial charge in [0.1, 0.15) is 11.9 Å². The Balaban J connectivity index is 2.31. The number of ether oxygens (including phenoxy) is 2. The highest BCUT2D eigenvalue weighted by atomic mass is 28.4. The van der Waals surface area contributed by atoms with E-state index in [1.165, 1.54) is 24.3 Å². The van der Waals surface area contributed by atoms with Crippen molar-refractivity contribution in [3.8, 4) is 5.75 Å². The zero-order chi connectivity index (χ0) is 24.3. The first-order valence-corrected chi connectivity index (χ1v) is 13.4. The Morgan fingerprint density at radius 1 is 1.31 bits per heavy atom. The van der Waals surface area contributed by atoms with Gasteiger partial charge in [0.25, 0.3) is 5.69 Å². The van der Waals surface area contributed by atoms with E-state index in [9.17, 15) is 14.9 Å². The zero-order valence-corrected chi connectivity index (χ0v) is 21.0. The second kappa shape index (κ2) is 9.97. The van der Waals surface area contributed by atoms with E-state index in [4.69, 9.17) is 13.9 Å². The lowest BCUT2D eigenvalue weighted by Gasteiger charge is -2.43. The quantitative estimate of drug-likeness (QED) is 0.225. The molecule has 1 heterocycles. The number of hydrogen-bond donors (Lipinski definition) is 0.